The van der Waals surface area contributed by atoms with E-state index in [-0.39, 0.29) is 5.91 Å². The number of thiazole rings is 1. The van der Waals surface area contributed by atoms with E-state index in [1.54, 1.807) is 60.4 Å². The number of nitrogens with one attached hydrogen (secondary N) is 1. The molecule has 0 aliphatic carbocycles. The van der Waals surface area contributed by atoms with E-state index in [1.165, 1.54) is 0 Å². The van der Waals surface area contributed by atoms with Gasteiger partial charge in [-0.1, -0.05) is 0 Å². The van der Waals surface area contributed by atoms with Gasteiger partial charge in [0.05, 0.1) is 16.9 Å². The van der Waals surface area contributed by atoms with Crippen LogP contribution in [0.4, 0.5) is 0 Å². The number of carbonyl (C=O) groups excluding carboxylic acids is 1. The fourth-order valence-electron chi connectivity index (χ4n) is 2.84. The van der Waals surface area contributed by atoms with Gasteiger partial charge in [-0.15, -0.1) is 11.3 Å². The Kier molecular flexibility index (Phi) is 6.41. The van der Waals surface area contributed by atoms with E-state index in [2.05, 4.69) is 25.6 Å². The minimum Gasteiger partial charge on any atom is -0.456 e. The van der Waals surface area contributed by atoms with Gasteiger partial charge in [0.2, 0.25) is 0 Å². The van der Waals surface area contributed by atoms with Crippen LogP contribution in [-0.4, -0.2) is 27.4 Å². The minimum absolute atomic E-state index is 0.0976. The number of carbonyl (C=O) groups is 1. The van der Waals surface area contributed by atoms with Crippen molar-refractivity contribution in [2.45, 2.75) is 12.8 Å². The second-order valence-corrected chi connectivity index (χ2v) is 7.48. The predicted molar refractivity (Wildman–Crippen MR) is 117 cm³/mol. The molecule has 4 rings (SSSR count). The van der Waals surface area contributed by atoms with E-state index >= 15 is 0 Å². The molecule has 0 unspecified atom stereocenters. The maximum absolute atomic E-state index is 12.3. The van der Waals surface area contributed by atoms with Crippen molar-refractivity contribution in [2.75, 3.05) is 6.54 Å². The van der Waals surface area contributed by atoms with E-state index in [0.717, 1.165) is 29.1 Å². The number of amides is 1. The summed E-state index contributed by atoms with van der Waals surface area (Å²) in [5, 5.41) is 6.07. The van der Waals surface area contributed by atoms with Crippen molar-refractivity contribution in [3.63, 3.8) is 0 Å². The Balaban J connectivity index is 1.23. The number of ether oxygens (including phenoxy) is 1. The van der Waals surface area contributed by atoms with Gasteiger partial charge in [0.15, 0.2) is 0 Å². The zero-order valence-corrected chi connectivity index (χ0v) is 17.0. The predicted octanol–water partition coefficient (Wildman–Crippen LogP) is 4.76. The zero-order valence-electron chi connectivity index (χ0n) is 16.2. The quantitative estimate of drug-likeness (QED) is 0.419. The summed E-state index contributed by atoms with van der Waals surface area (Å²) < 4.78 is 5.69. The lowest BCUT2D eigenvalue weighted by Crippen LogP contribution is -2.24. The highest BCUT2D eigenvalue weighted by Gasteiger charge is 2.07. The highest BCUT2D eigenvalue weighted by molar-refractivity contribution is 7.09. The monoisotopic (exact) mass is 416 g/mol. The van der Waals surface area contributed by atoms with Gasteiger partial charge < -0.3 is 10.1 Å². The van der Waals surface area contributed by atoms with Crippen molar-refractivity contribution in [3.8, 4) is 22.8 Å². The Morgan fingerprint density at radius 1 is 0.967 bits per heavy atom. The van der Waals surface area contributed by atoms with E-state index in [1.807, 2.05) is 24.3 Å². The van der Waals surface area contributed by atoms with Crippen molar-refractivity contribution in [2.24, 2.45) is 0 Å². The lowest BCUT2D eigenvalue weighted by molar-refractivity contribution is 0.0953. The third-order valence-corrected chi connectivity index (χ3v) is 5.28. The molecule has 150 valence electrons. The molecule has 6 nitrogen and oxygen atoms in total. The van der Waals surface area contributed by atoms with Crippen LogP contribution < -0.4 is 10.1 Å². The molecule has 0 aliphatic rings. The zero-order chi connectivity index (χ0) is 20.6. The SMILES string of the molecule is O=C(NCCCc1nc(-c2ccncc2)cs1)c1ccc(Oc2cccnc2)cc1. The summed E-state index contributed by atoms with van der Waals surface area (Å²) in [6.45, 7) is 0.594. The molecule has 0 saturated carbocycles. The molecule has 1 aromatic carbocycles. The summed E-state index contributed by atoms with van der Waals surface area (Å²) in [7, 11) is 0. The van der Waals surface area contributed by atoms with Crippen molar-refractivity contribution in [3.05, 3.63) is 89.3 Å². The topological polar surface area (TPSA) is 77.0 Å². The lowest BCUT2D eigenvalue weighted by atomic mass is 10.2. The molecule has 0 fully saturated rings. The third kappa shape index (κ3) is 5.27. The number of pyridine rings is 2. The van der Waals surface area contributed by atoms with Crippen LogP contribution in [0.15, 0.2) is 78.7 Å². The summed E-state index contributed by atoms with van der Waals surface area (Å²) in [5.41, 5.74) is 2.63. The first-order chi connectivity index (χ1) is 14.8. The van der Waals surface area contributed by atoms with E-state index in [9.17, 15) is 4.79 Å². The maximum Gasteiger partial charge on any atom is 0.251 e. The molecule has 7 heteroatoms. The number of rotatable bonds is 8. The van der Waals surface area contributed by atoms with Gasteiger partial charge in [0.1, 0.15) is 11.5 Å². The van der Waals surface area contributed by atoms with Gasteiger partial charge >= 0.3 is 0 Å². The third-order valence-electron chi connectivity index (χ3n) is 4.37. The molecule has 4 aromatic rings. The Hall–Kier alpha value is -3.58. The van der Waals surface area contributed by atoms with Crippen LogP contribution in [0.2, 0.25) is 0 Å². The fourth-order valence-corrected chi connectivity index (χ4v) is 3.69. The maximum atomic E-state index is 12.3. The number of benzene rings is 1. The van der Waals surface area contributed by atoms with E-state index < -0.39 is 0 Å². The molecular formula is C23H20N4O2S. The van der Waals surface area contributed by atoms with Crippen LogP contribution in [-0.2, 0) is 6.42 Å². The number of nitrogens with zero attached hydrogens (tertiary/aromatic N) is 3. The Labute approximate surface area is 178 Å². The summed E-state index contributed by atoms with van der Waals surface area (Å²) in [6, 6.07) is 14.6. The highest BCUT2D eigenvalue weighted by Crippen LogP contribution is 2.22. The molecule has 0 aliphatic heterocycles. The number of aryl methyl sites for hydroxylation is 1. The molecular weight excluding hydrogens is 396 g/mol. The summed E-state index contributed by atoms with van der Waals surface area (Å²) in [6.07, 6.45) is 8.52. The Bertz CT molecular complexity index is 1080. The first kappa shape index (κ1) is 19.7. The normalized spacial score (nSPS) is 10.5. The van der Waals surface area contributed by atoms with Crippen LogP contribution in [0.1, 0.15) is 21.8 Å². The van der Waals surface area contributed by atoms with Gasteiger partial charge in [-0.2, -0.15) is 0 Å². The van der Waals surface area contributed by atoms with Gasteiger partial charge in [-0.3, -0.25) is 14.8 Å². The van der Waals surface area contributed by atoms with Crippen LogP contribution >= 0.6 is 11.3 Å². The first-order valence-corrected chi connectivity index (χ1v) is 10.5. The Morgan fingerprint density at radius 2 is 1.80 bits per heavy atom. The average molecular weight is 417 g/mol. The molecule has 0 spiro atoms. The molecule has 0 atom stereocenters. The number of hydrogen-bond acceptors (Lipinski definition) is 6. The van der Waals surface area contributed by atoms with Gasteiger partial charge in [0.25, 0.3) is 5.91 Å². The van der Waals surface area contributed by atoms with Crippen molar-refractivity contribution in [1.29, 1.82) is 0 Å². The molecule has 0 radical (unpaired) electrons. The number of aromatic nitrogens is 3. The van der Waals surface area contributed by atoms with Gasteiger partial charge in [-0.05, 0) is 55.0 Å². The first-order valence-electron chi connectivity index (χ1n) is 9.59. The van der Waals surface area contributed by atoms with E-state index in [0.29, 0.717) is 23.6 Å². The molecule has 0 bridgehead atoms. The lowest BCUT2D eigenvalue weighted by Gasteiger charge is -2.07. The van der Waals surface area contributed by atoms with E-state index in [4.69, 9.17) is 4.74 Å². The van der Waals surface area contributed by atoms with Crippen molar-refractivity contribution < 1.29 is 9.53 Å². The van der Waals surface area contributed by atoms with Crippen LogP contribution in [0, 0.1) is 0 Å². The summed E-state index contributed by atoms with van der Waals surface area (Å²) >= 11 is 1.64. The van der Waals surface area contributed by atoms with Crippen molar-refractivity contribution >= 4 is 17.2 Å². The largest absolute Gasteiger partial charge is 0.456 e. The summed E-state index contributed by atoms with van der Waals surface area (Å²) in [4.78, 5) is 25.0. The van der Waals surface area contributed by atoms with Crippen LogP contribution in [0.5, 0.6) is 11.5 Å². The molecule has 1 N–H and O–H groups in total. The fraction of sp³-hybridized carbons (Fsp3) is 0.130. The highest BCUT2D eigenvalue weighted by atomic mass is 32.1. The minimum atomic E-state index is -0.0976. The molecule has 30 heavy (non-hydrogen) atoms. The molecule has 1 amide bonds. The number of hydrogen-bond donors (Lipinski definition) is 1. The molecule has 3 aromatic heterocycles. The second-order valence-electron chi connectivity index (χ2n) is 6.54. The second kappa shape index (κ2) is 9.76. The van der Waals surface area contributed by atoms with Crippen LogP contribution in [0.3, 0.4) is 0 Å². The van der Waals surface area contributed by atoms with Gasteiger partial charge in [0, 0.05) is 48.1 Å². The Morgan fingerprint density at radius 3 is 2.57 bits per heavy atom. The standard InChI is InChI=1S/C23H20N4O2S/c28-23(18-5-7-19(8-6-18)29-20-3-1-11-25-15-20)26-12-2-4-22-27-21(16-30-22)17-9-13-24-14-10-17/h1,3,5-11,13-16H,2,4,12H2,(H,26,28). The van der Waals surface area contributed by atoms with Gasteiger partial charge in [-0.25, -0.2) is 4.98 Å². The summed E-state index contributed by atoms with van der Waals surface area (Å²) in [5.74, 6) is 1.22. The smallest absolute Gasteiger partial charge is 0.251 e. The average Bonchev–Trinajstić information content (AvgIpc) is 3.27. The molecule has 3 heterocycles. The molecule has 0 saturated heterocycles. The van der Waals surface area contributed by atoms with Crippen molar-refractivity contribution in [1.82, 2.24) is 20.3 Å². The van der Waals surface area contributed by atoms with Crippen LogP contribution in [0.25, 0.3) is 11.3 Å².